The second kappa shape index (κ2) is 10.9. The number of thioether (sulfide) groups is 1. The summed E-state index contributed by atoms with van der Waals surface area (Å²) >= 11 is 6.77. The number of carbonyl (C=O) groups excluding carboxylic acids is 2. The lowest BCUT2D eigenvalue weighted by Crippen LogP contribution is -2.47. The van der Waals surface area contributed by atoms with Crippen LogP contribution in [0.15, 0.2) is 24.3 Å². The minimum absolute atomic E-state index is 0.222. The van der Waals surface area contributed by atoms with Crippen LogP contribution in [0.1, 0.15) is 29.5 Å². The SMILES string of the molecule is CCn1c(CNC(=O)C(CCSC)NC(=O)c2ccccc2OC)n[nH]c1=S. The number of nitrogens with zero attached hydrogens (tertiary/aromatic N) is 2. The number of hydrogen-bond acceptors (Lipinski definition) is 6. The molecule has 0 saturated heterocycles. The molecule has 1 heterocycles. The molecule has 0 saturated carbocycles. The molecule has 1 aromatic carbocycles. The third-order valence-corrected chi connectivity index (χ3v) is 5.11. The minimum atomic E-state index is -0.665. The molecule has 10 heteroatoms. The van der Waals surface area contributed by atoms with E-state index in [1.165, 1.54) is 7.11 Å². The predicted octanol–water partition coefficient (Wildman–Crippen LogP) is 2.14. The number of carbonyl (C=O) groups is 2. The summed E-state index contributed by atoms with van der Waals surface area (Å²) in [6, 6.07) is 6.24. The van der Waals surface area contributed by atoms with E-state index in [9.17, 15) is 9.59 Å². The van der Waals surface area contributed by atoms with Gasteiger partial charge in [-0.05, 0) is 49.7 Å². The third kappa shape index (κ3) is 5.59. The van der Waals surface area contributed by atoms with Crippen molar-refractivity contribution in [3.8, 4) is 5.75 Å². The number of amides is 2. The number of aromatic amines is 1. The van der Waals surface area contributed by atoms with Gasteiger partial charge in [0.05, 0.1) is 19.2 Å². The summed E-state index contributed by atoms with van der Waals surface area (Å²) in [5, 5.41) is 12.5. The van der Waals surface area contributed by atoms with E-state index in [2.05, 4.69) is 20.8 Å². The Balaban J connectivity index is 2.08. The molecule has 0 bridgehead atoms. The number of hydrogen-bond donors (Lipinski definition) is 3. The minimum Gasteiger partial charge on any atom is -0.496 e. The van der Waals surface area contributed by atoms with Gasteiger partial charge in [0.2, 0.25) is 5.91 Å². The van der Waals surface area contributed by atoms with Crippen LogP contribution in [-0.4, -0.2) is 51.7 Å². The molecule has 8 nitrogen and oxygen atoms in total. The molecule has 3 N–H and O–H groups in total. The van der Waals surface area contributed by atoms with Crippen molar-refractivity contribution in [1.29, 1.82) is 0 Å². The average molecular weight is 424 g/mol. The van der Waals surface area contributed by atoms with Gasteiger partial charge < -0.3 is 19.9 Å². The summed E-state index contributed by atoms with van der Waals surface area (Å²) < 4.78 is 7.55. The van der Waals surface area contributed by atoms with Gasteiger partial charge in [-0.25, -0.2) is 0 Å². The summed E-state index contributed by atoms with van der Waals surface area (Å²) in [7, 11) is 1.50. The van der Waals surface area contributed by atoms with Gasteiger partial charge in [0.25, 0.3) is 5.91 Å². The van der Waals surface area contributed by atoms with Gasteiger partial charge in [-0.3, -0.25) is 14.7 Å². The highest BCUT2D eigenvalue weighted by Crippen LogP contribution is 2.17. The Morgan fingerprint density at radius 3 is 2.82 bits per heavy atom. The molecule has 0 radical (unpaired) electrons. The molecule has 0 spiro atoms. The molecular formula is C18H25N5O3S2. The maximum atomic E-state index is 12.7. The van der Waals surface area contributed by atoms with E-state index in [0.29, 0.717) is 34.9 Å². The van der Waals surface area contributed by atoms with E-state index in [-0.39, 0.29) is 18.4 Å². The fourth-order valence-corrected chi connectivity index (χ4v) is 3.42. The highest BCUT2D eigenvalue weighted by Gasteiger charge is 2.23. The molecule has 1 aromatic heterocycles. The quantitative estimate of drug-likeness (QED) is 0.506. The largest absolute Gasteiger partial charge is 0.496 e. The van der Waals surface area contributed by atoms with Crippen LogP contribution >= 0.6 is 24.0 Å². The number of benzene rings is 1. The van der Waals surface area contributed by atoms with Gasteiger partial charge in [0.15, 0.2) is 10.6 Å². The molecule has 1 atom stereocenters. The molecule has 0 fully saturated rings. The fraction of sp³-hybridized carbons (Fsp3) is 0.444. The van der Waals surface area contributed by atoms with Crippen LogP contribution in [0.25, 0.3) is 0 Å². The highest BCUT2D eigenvalue weighted by molar-refractivity contribution is 7.98. The number of nitrogens with one attached hydrogen (secondary N) is 3. The molecule has 0 aliphatic rings. The van der Waals surface area contributed by atoms with Gasteiger partial charge >= 0.3 is 0 Å². The van der Waals surface area contributed by atoms with Gasteiger partial charge in [-0.1, -0.05) is 12.1 Å². The zero-order chi connectivity index (χ0) is 20.5. The number of H-pyrrole nitrogens is 1. The Morgan fingerprint density at radius 2 is 2.14 bits per heavy atom. The van der Waals surface area contributed by atoms with Crippen molar-refractivity contribution in [2.45, 2.75) is 32.5 Å². The van der Waals surface area contributed by atoms with Crippen LogP contribution in [0.4, 0.5) is 0 Å². The van der Waals surface area contributed by atoms with E-state index in [4.69, 9.17) is 17.0 Å². The molecule has 2 amide bonds. The van der Waals surface area contributed by atoms with Crippen LogP contribution in [0.5, 0.6) is 5.75 Å². The number of aromatic nitrogens is 3. The topological polar surface area (TPSA) is 101 Å². The van der Waals surface area contributed by atoms with Gasteiger partial charge in [-0.2, -0.15) is 16.9 Å². The number of methoxy groups -OCH3 is 1. The third-order valence-electron chi connectivity index (χ3n) is 4.16. The maximum Gasteiger partial charge on any atom is 0.255 e. The van der Waals surface area contributed by atoms with Crippen molar-refractivity contribution >= 4 is 35.8 Å². The standard InChI is InChI=1S/C18H25N5O3S2/c1-4-23-15(21-22-18(23)27)11-19-17(25)13(9-10-28-3)20-16(24)12-7-5-6-8-14(12)26-2/h5-8,13H,4,9-11H2,1-3H3,(H,19,25)(H,20,24)(H,22,27). The average Bonchev–Trinajstić information content (AvgIpc) is 3.08. The Morgan fingerprint density at radius 1 is 1.39 bits per heavy atom. The van der Waals surface area contributed by atoms with Gasteiger partial charge in [0, 0.05) is 6.54 Å². The first-order valence-electron chi connectivity index (χ1n) is 8.86. The first-order chi connectivity index (χ1) is 13.5. The van der Waals surface area contributed by atoms with E-state index in [0.717, 1.165) is 5.75 Å². The maximum absolute atomic E-state index is 12.7. The van der Waals surface area contributed by atoms with Crippen molar-refractivity contribution in [3.63, 3.8) is 0 Å². The molecule has 2 aromatic rings. The second-order valence-electron chi connectivity index (χ2n) is 5.91. The molecule has 152 valence electrons. The highest BCUT2D eigenvalue weighted by atomic mass is 32.2. The first-order valence-corrected chi connectivity index (χ1v) is 10.7. The van der Waals surface area contributed by atoms with Crippen LogP contribution in [0.3, 0.4) is 0 Å². The van der Waals surface area contributed by atoms with E-state index < -0.39 is 6.04 Å². The van der Waals surface area contributed by atoms with Crippen molar-refractivity contribution in [3.05, 3.63) is 40.4 Å². The monoisotopic (exact) mass is 423 g/mol. The van der Waals surface area contributed by atoms with Crippen LogP contribution < -0.4 is 15.4 Å². The number of ether oxygens (including phenoxy) is 1. The summed E-state index contributed by atoms with van der Waals surface area (Å²) in [5.74, 6) is 1.21. The summed E-state index contributed by atoms with van der Waals surface area (Å²) in [5.41, 5.74) is 0.388. The molecular weight excluding hydrogens is 398 g/mol. The lowest BCUT2D eigenvalue weighted by Gasteiger charge is -2.19. The Labute approximate surface area is 173 Å². The predicted molar refractivity (Wildman–Crippen MR) is 112 cm³/mol. The number of para-hydroxylation sites is 1. The van der Waals surface area contributed by atoms with E-state index >= 15 is 0 Å². The fourth-order valence-electron chi connectivity index (χ4n) is 2.67. The zero-order valence-electron chi connectivity index (χ0n) is 16.2. The Bertz CT molecular complexity index is 865. The molecule has 0 aliphatic carbocycles. The lowest BCUT2D eigenvalue weighted by atomic mass is 10.1. The summed E-state index contributed by atoms with van der Waals surface area (Å²) in [6.07, 6.45) is 2.46. The zero-order valence-corrected chi connectivity index (χ0v) is 17.8. The number of rotatable bonds is 10. The smallest absolute Gasteiger partial charge is 0.255 e. The van der Waals surface area contributed by atoms with Crippen molar-refractivity contribution in [2.24, 2.45) is 0 Å². The molecule has 0 aliphatic heterocycles. The van der Waals surface area contributed by atoms with Crippen molar-refractivity contribution < 1.29 is 14.3 Å². The second-order valence-corrected chi connectivity index (χ2v) is 7.29. The lowest BCUT2D eigenvalue weighted by molar-refractivity contribution is -0.123. The Kier molecular flexibility index (Phi) is 8.52. The Hall–Kier alpha value is -2.33. The van der Waals surface area contributed by atoms with Gasteiger partial charge in [-0.15, -0.1) is 0 Å². The van der Waals surface area contributed by atoms with E-state index in [1.54, 1.807) is 40.6 Å². The molecule has 1 unspecified atom stereocenters. The van der Waals surface area contributed by atoms with Crippen molar-refractivity contribution in [1.82, 2.24) is 25.4 Å². The van der Waals surface area contributed by atoms with Crippen molar-refractivity contribution in [2.75, 3.05) is 19.1 Å². The molecule has 28 heavy (non-hydrogen) atoms. The molecule has 2 rings (SSSR count). The van der Waals surface area contributed by atoms with Crippen LogP contribution in [-0.2, 0) is 17.9 Å². The normalized spacial score (nSPS) is 11.7. The van der Waals surface area contributed by atoms with Gasteiger partial charge in [0.1, 0.15) is 11.8 Å². The van der Waals surface area contributed by atoms with E-state index in [1.807, 2.05) is 13.2 Å². The summed E-state index contributed by atoms with van der Waals surface area (Å²) in [6.45, 7) is 2.83. The first kappa shape index (κ1) is 22.0. The van der Waals surface area contributed by atoms with Crippen LogP contribution in [0, 0.1) is 4.77 Å². The summed E-state index contributed by atoms with van der Waals surface area (Å²) in [4.78, 5) is 25.4. The van der Waals surface area contributed by atoms with Crippen LogP contribution in [0.2, 0.25) is 0 Å².